The number of aromatic nitrogens is 4. The van der Waals surface area contributed by atoms with E-state index in [0.717, 1.165) is 4.90 Å². The lowest BCUT2D eigenvalue weighted by Gasteiger charge is -2.39. The zero-order valence-electron chi connectivity index (χ0n) is 20.9. The molecule has 1 fully saturated rings. The molecule has 1 aliphatic heterocycles. The number of benzene rings is 1. The summed E-state index contributed by atoms with van der Waals surface area (Å²) in [6.45, 7) is 4.54. The zero-order valence-corrected chi connectivity index (χ0v) is 20.9. The lowest BCUT2D eigenvalue weighted by atomic mass is 9.85. The van der Waals surface area contributed by atoms with Crippen molar-refractivity contribution in [2.75, 3.05) is 25.5 Å². The van der Waals surface area contributed by atoms with E-state index in [1.807, 2.05) is 6.07 Å². The van der Waals surface area contributed by atoms with Crippen molar-refractivity contribution < 1.29 is 23.0 Å². The monoisotopic (exact) mass is 511 g/mol. The fourth-order valence-corrected chi connectivity index (χ4v) is 4.08. The maximum atomic E-state index is 15.2. The van der Waals surface area contributed by atoms with Gasteiger partial charge in [-0.15, -0.1) is 0 Å². The van der Waals surface area contributed by atoms with Crippen LogP contribution in [0, 0.1) is 11.3 Å². The van der Waals surface area contributed by atoms with Crippen LogP contribution >= 0.6 is 0 Å². The number of likely N-dealkylation sites (tertiary alicyclic amines) is 1. The van der Waals surface area contributed by atoms with Gasteiger partial charge in [-0.3, -0.25) is 5.10 Å². The molecule has 0 saturated carbocycles. The average molecular weight is 512 g/mol. The van der Waals surface area contributed by atoms with Crippen LogP contribution in [0.4, 0.5) is 25.2 Å². The highest BCUT2D eigenvalue weighted by molar-refractivity contribution is 5.71. The number of nitriles is 1. The Morgan fingerprint density at radius 2 is 2.03 bits per heavy atom. The molecule has 0 bridgehead atoms. The Morgan fingerprint density at radius 1 is 1.24 bits per heavy atom. The Hall–Kier alpha value is -4.27. The van der Waals surface area contributed by atoms with Gasteiger partial charge in [-0.1, -0.05) is 6.07 Å². The van der Waals surface area contributed by atoms with Gasteiger partial charge < -0.3 is 19.7 Å². The first-order valence-electron chi connectivity index (χ1n) is 11.6. The summed E-state index contributed by atoms with van der Waals surface area (Å²) in [5.74, 6) is -2.98. The van der Waals surface area contributed by atoms with Crippen LogP contribution in [-0.4, -0.2) is 62.9 Å². The minimum absolute atomic E-state index is 0.0818. The normalized spacial score (nSPS) is 17.1. The van der Waals surface area contributed by atoms with E-state index in [1.54, 1.807) is 45.0 Å². The van der Waals surface area contributed by atoms with Crippen molar-refractivity contribution in [3.63, 3.8) is 0 Å². The second-order valence-corrected chi connectivity index (χ2v) is 9.65. The number of amides is 1. The molecule has 2 aromatic heterocycles. The van der Waals surface area contributed by atoms with Gasteiger partial charge >= 0.3 is 6.09 Å². The van der Waals surface area contributed by atoms with Gasteiger partial charge in [0.15, 0.2) is 11.5 Å². The summed E-state index contributed by atoms with van der Waals surface area (Å²) in [6.07, 6.45) is 2.09. The quantitative estimate of drug-likeness (QED) is 0.497. The molecule has 4 rings (SSSR count). The van der Waals surface area contributed by atoms with Crippen LogP contribution < -0.4 is 10.1 Å². The average Bonchev–Trinajstić information content (AvgIpc) is 3.30. The van der Waals surface area contributed by atoms with E-state index < -0.39 is 30.1 Å². The van der Waals surface area contributed by atoms with Crippen LogP contribution in [0.15, 0.2) is 36.7 Å². The van der Waals surface area contributed by atoms with E-state index in [2.05, 4.69) is 25.5 Å². The molecule has 194 valence electrons. The molecule has 3 heterocycles. The van der Waals surface area contributed by atoms with E-state index in [-0.39, 0.29) is 18.7 Å². The molecule has 1 unspecified atom stereocenters. The van der Waals surface area contributed by atoms with Crippen molar-refractivity contribution in [3.05, 3.63) is 47.9 Å². The van der Waals surface area contributed by atoms with E-state index in [1.165, 1.54) is 19.5 Å². The number of nitrogens with zero attached hydrogens (tertiary/aromatic N) is 5. The minimum Gasteiger partial charge on any atom is -0.496 e. The molecule has 3 aromatic rings. The molecule has 1 atom stereocenters. The first-order valence-corrected chi connectivity index (χ1v) is 11.6. The van der Waals surface area contributed by atoms with Crippen molar-refractivity contribution in [3.8, 4) is 23.1 Å². The number of hydrogen-bond donors (Lipinski definition) is 2. The third kappa shape index (κ3) is 5.94. The lowest BCUT2D eigenvalue weighted by Crippen LogP contribution is -2.50. The number of aromatic amines is 1. The summed E-state index contributed by atoms with van der Waals surface area (Å²) < 4.78 is 41.1. The highest BCUT2D eigenvalue weighted by Gasteiger charge is 2.47. The topological polar surface area (TPSA) is 129 Å². The van der Waals surface area contributed by atoms with E-state index in [4.69, 9.17) is 14.7 Å². The van der Waals surface area contributed by atoms with Gasteiger partial charge in [0, 0.05) is 18.2 Å². The molecule has 0 spiro atoms. The smallest absolute Gasteiger partial charge is 0.410 e. The number of carbonyl (C=O) groups excluding carboxylic acids is 1. The molecule has 1 aromatic carbocycles. The second kappa shape index (κ2) is 10.0. The maximum Gasteiger partial charge on any atom is 0.410 e. The molecule has 1 saturated heterocycles. The zero-order chi connectivity index (χ0) is 26.8. The molecular formula is C25H27F2N7O3. The summed E-state index contributed by atoms with van der Waals surface area (Å²) in [5.41, 5.74) is 1.08. The number of H-pyrrole nitrogens is 1. The van der Waals surface area contributed by atoms with Crippen LogP contribution in [0.5, 0.6) is 5.75 Å². The second-order valence-electron chi connectivity index (χ2n) is 9.65. The van der Waals surface area contributed by atoms with Gasteiger partial charge in [0.05, 0.1) is 37.7 Å². The lowest BCUT2D eigenvalue weighted by molar-refractivity contribution is -0.0849. The van der Waals surface area contributed by atoms with Crippen molar-refractivity contribution in [1.82, 2.24) is 25.1 Å². The highest BCUT2D eigenvalue weighted by Crippen LogP contribution is 2.43. The van der Waals surface area contributed by atoms with Crippen LogP contribution in [0.2, 0.25) is 0 Å². The number of anilines is 2. The van der Waals surface area contributed by atoms with Gasteiger partial charge in [0.1, 0.15) is 23.2 Å². The number of ether oxygens (including phenoxy) is 2. The summed E-state index contributed by atoms with van der Waals surface area (Å²) in [4.78, 5) is 21.4. The van der Waals surface area contributed by atoms with Crippen LogP contribution in [0.25, 0.3) is 11.3 Å². The van der Waals surface area contributed by atoms with Gasteiger partial charge in [0.25, 0.3) is 5.92 Å². The Labute approximate surface area is 212 Å². The Balaban J connectivity index is 1.50. The van der Waals surface area contributed by atoms with Crippen molar-refractivity contribution in [2.24, 2.45) is 0 Å². The Kier molecular flexibility index (Phi) is 6.98. The highest BCUT2D eigenvalue weighted by atomic mass is 19.3. The van der Waals surface area contributed by atoms with Crippen molar-refractivity contribution >= 4 is 17.7 Å². The fourth-order valence-electron chi connectivity index (χ4n) is 4.08. The van der Waals surface area contributed by atoms with Crippen LogP contribution in [-0.2, 0) is 4.74 Å². The predicted octanol–water partition coefficient (Wildman–Crippen LogP) is 4.85. The largest absolute Gasteiger partial charge is 0.496 e. The SMILES string of the molecule is COc1cc(C2CCN(C(=O)OC(C)(C)C)CC2(F)F)ccc1-c1cc(Nc2cnc(C#N)cn2)n[nH]1. The number of halogens is 2. The number of piperidine rings is 1. The maximum absolute atomic E-state index is 15.2. The summed E-state index contributed by atoms with van der Waals surface area (Å²) in [5, 5.41) is 18.9. The summed E-state index contributed by atoms with van der Waals surface area (Å²) in [6, 6.07) is 8.54. The number of carbonyl (C=O) groups is 1. The summed E-state index contributed by atoms with van der Waals surface area (Å²) >= 11 is 0. The third-order valence-corrected chi connectivity index (χ3v) is 5.77. The molecule has 10 nitrogen and oxygen atoms in total. The number of methoxy groups -OCH3 is 1. The van der Waals surface area contributed by atoms with Crippen molar-refractivity contribution in [2.45, 2.75) is 44.6 Å². The van der Waals surface area contributed by atoms with E-state index in [0.29, 0.717) is 34.2 Å². The number of alkyl halides is 2. The predicted molar refractivity (Wildman–Crippen MR) is 131 cm³/mol. The standard InChI is InChI=1S/C25H27F2N7O3/c1-24(2,3)37-23(35)34-8-7-18(25(26,27)14-34)15-5-6-17(20(9-15)36-4)19-10-21(33-32-19)31-22-13-29-16(11-28)12-30-22/h5-6,9-10,12-13,18H,7-8,14H2,1-4H3,(H2,30,31,32,33). The molecule has 0 aliphatic carbocycles. The molecule has 0 radical (unpaired) electrons. The molecule has 12 heteroatoms. The van der Waals surface area contributed by atoms with E-state index in [9.17, 15) is 4.79 Å². The van der Waals surface area contributed by atoms with Crippen LogP contribution in [0.3, 0.4) is 0 Å². The first kappa shape index (κ1) is 25.8. The molecule has 1 amide bonds. The minimum atomic E-state index is -3.14. The Morgan fingerprint density at radius 3 is 2.65 bits per heavy atom. The number of rotatable bonds is 5. The van der Waals surface area contributed by atoms with E-state index >= 15 is 8.78 Å². The number of nitrogens with one attached hydrogen (secondary N) is 2. The van der Waals surface area contributed by atoms with Crippen LogP contribution in [0.1, 0.15) is 44.4 Å². The molecule has 37 heavy (non-hydrogen) atoms. The Bertz CT molecular complexity index is 1310. The van der Waals surface area contributed by atoms with Gasteiger partial charge in [-0.25, -0.2) is 23.5 Å². The summed E-state index contributed by atoms with van der Waals surface area (Å²) in [7, 11) is 1.47. The molecule has 1 aliphatic rings. The van der Waals surface area contributed by atoms with Gasteiger partial charge in [-0.05, 0) is 44.9 Å². The van der Waals surface area contributed by atoms with Gasteiger partial charge in [-0.2, -0.15) is 10.4 Å². The fraction of sp³-hybridized carbons (Fsp3) is 0.400. The van der Waals surface area contributed by atoms with Gasteiger partial charge in [0.2, 0.25) is 0 Å². The number of hydrogen-bond acceptors (Lipinski definition) is 8. The molecule has 2 N–H and O–H groups in total. The van der Waals surface area contributed by atoms with Crippen molar-refractivity contribution in [1.29, 1.82) is 5.26 Å². The molecular weight excluding hydrogens is 484 g/mol. The first-order chi connectivity index (χ1) is 17.5. The third-order valence-electron chi connectivity index (χ3n) is 5.77.